The lowest BCUT2D eigenvalue weighted by molar-refractivity contribution is -0.147. The van der Waals surface area contributed by atoms with Crippen molar-refractivity contribution in [3.8, 4) is 17.2 Å². The van der Waals surface area contributed by atoms with Crippen molar-refractivity contribution < 1.29 is 24.5 Å². The van der Waals surface area contributed by atoms with E-state index >= 15 is 0 Å². The van der Waals surface area contributed by atoms with E-state index in [-0.39, 0.29) is 23.6 Å². The monoisotopic (exact) mass is 423 g/mol. The number of amides is 1. The molecule has 2 aromatic carbocycles. The van der Waals surface area contributed by atoms with E-state index in [9.17, 15) is 15.0 Å². The highest BCUT2D eigenvalue weighted by Gasteiger charge is 2.52. The SMILES string of the molecule is CCOC(=O)N1CCC2(CC1)Oc1ccccc1C1CC(c3cc(O)ccc3O)=NN12. The Labute approximate surface area is 180 Å². The van der Waals surface area contributed by atoms with E-state index in [1.54, 1.807) is 11.8 Å². The zero-order valence-electron chi connectivity index (χ0n) is 17.3. The molecule has 0 aliphatic carbocycles. The fourth-order valence-corrected chi connectivity index (χ4v) is 4.73. The number of benzene rings is 2. The molecule has 2 aromatic rings. The van der Waals surface area contributed by atoms with Crippen molar-refractivity contribution in [1.29, 1.82) is 0 Å². The second kappa shape index (κ2) is 7.37. The number of hydrazone groups is 1. The molecule has 8 heteroatoms. The quantitative estimate of drug-likeness (QED) is 0.717. The number of phenols is 2. The van der Waals surface area contributed by atoms with Crippen LogP contribution in [0.25, 0.3) is 0 Å². The highest BCUT2D eigenvalue weighted by atomic mass is 16.6. The van der Waals surface area contributed by atoms with E-state index in [1.807, 2.05) is 29.3 Å². The smallest absolute Gasteiger partial charge is 0.409 e. The lowest BCUT2D eigenvalue weighted by Gasteiger charge is -2.50. The average Bonchev–Trinajstić information content (AvgIpc) is 3.23. The van der Waals surface area contributed by atoms with Crippen LogP contribution in [0.1, 0.15) is 43.4 Å². The number of fused-ring (bicyclic) bond motifs is 4. The van der Waals surface area contributed by atoms with E-state index < -0.39 is 5.72 Å². The molecule has 0 radical (unpaired) electrons. The first-order chi connectivity index (χ1) is 15.0. The summed E-state index contributed by atoms with van der Waals surface area (Å²) in [6.07, 6.45) is 1.44. The molecule has 0 bridgehead atoms. The fourth-order valence-electron chi connectivity index (χ4n) is 4.73. The van der Waals surface area contributed by atoms with Crippen molar-refractivity contribution in [2.24, 2.45) is 5.10 Å². The summed E-state index contributed by atoms with van der Waals surface area (Å²) in [5, 5.41) is 27.2. The molecule has 2 N–H and O–H groups in total. The van der Waals surface area contributed by atoms with E-state index in [0.29, 0.717) is 50.2 Å². The summed E-state index contributed by atoms with van der Waals surface area (Å²) in [6, 6.07) is 12.4. The third-order valence-corrected chi connectivity index (χ3v) is 6.27. The predicted octanol–water partition coefficient (Wildman–Crippen LogP) is 3.59. The summed E-state index contributed by atoms with van der Waals surface area (Å²) in [5.41, 5.74) is 1.58. The van der Waals surface area contributed by atoms with Gasteiger partial charge in [0.05, 0.1) is 18.4 Å². The van der Waals surface area contributed by atoms with Gasteiger partial charge < -0.3 is 24.6 Å². The van der Waals surface area contributed by atoms with Crippen LogP contribution in [-0.4, -0.2) is 57.3 Å². The Balaban J connectivity index is 1.50. The van der Waals surface area contributed by atoms with E-state index in [1.165, 1.54) is 18.2 Å². The molecule has 1 saturated heterocycles. The minimum atomic E-state index is -0.684. The van der Waals surface area contributed by atoms with Crippen LogP contribution >= 0.6 is 0 Å². The molecule has 1 amide bonds. The van der Waals surface area contributed by atoms with Crippen LogP contribution in [0.2, 0.25) is 0 Å². The van der Waals surface area contributed by atoms with Crippen molar-refractivity contribution in [3.63, 3.8) is 0 Å². The first-order valence-electron chi connectivity index (χ1n) is 10.6. The maximum absolute atomic E-state index is 12.2. The maximum Gasteiger partial charge on any atom is 0.409 e. The van der Waals surface area contributed by atoms with Gasteiger partial charge in [-0.15, -0.1) is 0 Å². The van der Waals surface area contributed by atoms with Crippen molar-refractivity contribution >= 4 is 11.8 Å². The van der Waals surface area contributed by atoms with Crippen LogP contribution < -0.4 is 4.74 Å². The number of hydrogen-bond donors (Lipinski definition) is 2. The molecule has 1 unspecified atom stereocenters. The Morgan fingerprint density at radius 2 is 2.00 bits per heavy atom. The summed E-state index contributed by atoms with van der Waals surface area (Å²) < 4.78 is 11.7. The maximum atomic E-state index is 12.2. The Bertz CT molecular complexity index is 1050. The molecule has 3 aliphatic heterocycles. The largest absolute Gasteiger partial charge is 0.508 e. The number of para-hydroxylation sites is 1. The molecule has 31 heavy (non-hydrogen) atoms. The molecule has 162 valence electrons. The minimum absolute atomic E-state index is 0.0455. The Kier molecular flexibility index (Phi) is 4.64. The number of rotatable bonds is 2. The van der Waals surface area contributed by atoms with E-state index in [4.69, 9.17) is 14.6 Å². The van der Waals surface area contributed by atoms with Crippen LogP contribution in [0.4, 0.5) is 4.79 Å². The van der Waals surface area contributed by atoms with Crippen molar-refractivity contribution in [2.45, 2.75) is 38.0 Å². The summed E-state index contributed by atoms with van der Waals surface area (Å²) in [5.74, 6) is 0.983. The summed E-state index contributed by atoms with van der Waals surface area (Å²) in [4.78, 5) is 13.9. The van der Waals surface area contributed by atoms with Gasteiger partial charge in [0.25, 0.3) is 0 Å². The number of likely N-dealkylation sites (tertiary alicyclic amines) is 1. The molecule has 5 rings (SSSR count). The Morgan fingerprint density at radius 3 is 2.77 bits per heavy atom. The van der Waals surface area contributed by atoms with Gasteiger partial charge in [0.2, 0.25) is 5.72 Å². The first-order valence-corrected chi connectivity index (χ1v) is 10.6. The van der Waals surface area contributed by atoms with Gasteiger partial charge in [-0.25, -0.2) is 9.80 Å². The molecule has 1 fully saturated rings. The van der Waals surface area contributed by atoms with Gasteiger partial charge in [-0.3, -0.25) is 0 Å². The molecule has 0 aromatic heterocycles. The van der Waals surface area contributed by atoms with Crippen molar-refractivity contribution in [3.05, 3.63) is 53.6 Å². The molecular formula is C23H25N3O5. The Hall–Kier alpha value is -3.42. The van der Waals surface area contributed by atoms with Crippen LogP contribution in [0.5, 0.6) is 17.2 Å². The standard InChI is InChI=1S/C23H25N3O5/c1-2-30-22(29)25-11-9-23(10-12-25)26-19(16-5-3-4-6-21(16)31-23)14-18(24-26)17-13-15(27)7-8-20(17)28/h3-8,13,19,27-28H,2,9-12,14H2,1H3. The molecule has 3 heterocycles. The highest BCUT2D eigenvalue weighted by molar-refractivity contribution is 6.04. The van der Waals surface area contributed by atoms with Gasteiger partial charge in [-0.1, -0.05) is 18.2 Å². The number of piperidine rings is 1. The van der Waals surface area contributed by atoms with E-state index in [2.05, 4.69) is 0 Å². The van der Waals surface area contributed by atoms with Gasteiger partial charge in [0, 0.05) is 43.5 Å². The van der Waals surface area contributed by atoms with Crippen LogP contribution in [-0.2, 0) is 4.74 Å². The topological polar surface area (TPSA) is 94.8 Å². The number of aromatic hydroxyl groups is 2. The highest BCUT2D eigenvalue weighted by Crippen LogP contribution is 2.50. The molecule has 8 nitrogen and oxygen atoms in total. The fraction of sp³-hybridized carbons (Fsp3) is 0.391. The Morgan fingerprint density at radius 1 is 1.23 bits per heavy atom. The van der Waals surface area contributed by atoms with Crippen molar-refractivity contribution in [1.82, 2.24) is 9.91 Å². The second-order valence-electron chi connectivity index (χ2n) is 8.08. The number of phenolic OH excluding ortho intramolecular Hbond substituents is 2. The molecule has 0 saturated carbocycles. The molecule has 1 spiro atoms. The normalized spacial score (nSPS) is 21.2. The van der Waals surface area contributed by atoms with Gasteiger partial charge in [0.1, 0.15) is 17.2 Å². The number of carbonyl (C=O) groups is 1. The van der Waals surface area contributed by atoms with Gasteiger partial charge in [0.15, 0.2) is 0 Å². The summed E-state index contributed by atoms with van der Waals surface area (Å²) >= 11 is 0. The van der Waals surface area contributed by atoms with Crippen LogP contribution in [0.3, 0.4) is 0 Å². The number of nitrogens with zero attached hydrogens (tertiary/aromatic N) is 3. The predicted molar refractivity (Wildman–Crippen MR) is 113 cm³/mol. The van der Waals surface area contributed by atoms with Crippen LogP contribution in [0.15, 0.2) is 47.6 Å². The second-order valence-corrected chi connectivity index (χ2v) is 8.08. The van der Waals surface area contributed by atoms with Gasteiger partial charge in [-0.05, 0) is 31.2 Å². The molecular weight excluding hydrogens is 398 g/mol. The number of hydrogen-bond acceptors (Lipinski definition) is 7. The number of carbonyl (C=O) groups excluding carboxylic acids is 1. The summed E-state index contributed by atoms with van der Waals surface area (Å²) in [6.45, 7) is 3.16. The van der Waals surface area contributed by atoms with Crippen LogP contribution in [0, 0.1) is 0 Å². The van der Waals surface area contributed by atoms with E-state index in [0.717, 1.165) is 11.3 Å². The minimum Gasteiger partial charge on any atom is -0.508 e. The zero-order valence-corrected chi connectivity index (χ0v) is 17.3. The third-order valence-electron chi connectivity index (χ3n) is 6.27. The lowest BCUT2D eigenvalue weighted by Crippen LogP contribution is -2.59. The average molecular weight is 423 g/mol. The van der Waals surface area contributed by atoms with Gasteiger partial charge >= 0.3 is 6.09 Å². The van der Waals surface area contributed by atoms with Crippen molar-refractivity contribution in [2.75, 3.05) is 19.7 Å². The number of ether oxygens (including phenoxy) is 2. The molecule has 1 atom stereocenters. The zero-order chi connectivity index (χ0) is 21.6. The molecule has 3 aliphatic rings. The van der Waals surface area contributed by atoms with Gasteiger partial charge in [-0.2, -0.15) is 5.10 Å². The lowest BCUT2D eigenvalue weighted by atomic mass is 9.90. The third kappa shape index (κ3) is 3.22. The summed E-state index contributed by atoms with van der Waals surface area (Å²) in [7, 11) is 0. The first kappa shape index (κ1) is 19.5.